The molecular weight excluding hydrogens is 454 g/mol. The van der Waals surface area contributed by atoms with Gasteiger partial charge in [-0.05, 0) is 60.7 Å². The third kappa shape index (κ3) is 4.66. The second kappa shape index (κ2) is 10.3. The molecule has 9 nitrogen and oxygen atoms in total. The van der Waals surface area contributed by atoms with Gasteiger partial charge in [0.25, 0.3) is 11.8 Å². The Hall–Kier alpha value is -5.31. The van der Waals surface area contributed by atoms with Crippen molar-refractivity contribution in [2.24, 2.45) is 0 Å². The summed E-state index contributed by atoms with van der Waals surface area (Å²) < 4.78 is 0. The maximum absolute atomic E-state index is 13.7. The van der Waals surface area contributed by atoms with Crippen LogP contribution in [0.1, 0.15) is 21.0 Å². The van der Waals surface area contributed by atoms with Crippen LogP contribution in [0, 0.1) is 0 Å². The third-order valence-corrected chi connectivity index (χ3v) is 5.11. The molecule has 5 aromatic rings. The Morgan fingerprint density at radius 2 is 0.778 bits per heavy atom. The Kier molecular flexibility index (Phi) is 6.44. The molecule has 0 atom stereocenters. The molecule has 0 bridgehead atoms. The smallest absolute Gasteiger partial charge is 0.266 e. The average molecular weight is 473 g/mol. The minimum absolute atomic E-state index is 0.0548. The molecule has 2 amide bonds. The molecule has 5 aromatic heterocycles. The van der Waals surface area contributed by atoms with Crippen LogP contribution in [0.25, 0.3) is 0 Å². The van der Waals surface area contributed by atoms with Crippen LogP contribution in [0.5, 0.6) is 0 Å². The fraction of sp³-hybridized carbons (Fsp3) is 0. The van der Waals surface area contributed by atoms with Crippen molar-refractivity contribution in [3.05, 3.63) is 127 Å². The van der Waals surface area contributed by atoms with Gasteiger partial charge in [-0.2, -0.15) is 0 Å². The number of carbonyl (C=O) groups excluding carboxylic acids is 2. The van der Waals surface area contributed by atoms with Crippen molar-refractivity contribution in [2.75, 3.05) is 9.80 Å². The number of hydrogen-bond donors (Lipinski definition) is 0. The minimum Gasteiger partial charge on any atom is -0.266 e. The first kappa shape index (κ1) is 22.5. The first-order valence-electron chi connectivity index (χ1n) is 11.0. The molecule has 0 radical (unpaired) electrons. The van der Waals surface area contributed by atoms with Crippen molar-refractivity contribution < 1.29 is 9.59 Å². The summed E-state index contributed by atoms with van der Waals surface area (Å²) in [6.07, 6.45) is 6.35. The molecule has 0 N–H and O–H groups in total. The molecule has 0 saturated heterocycles. The zero-order valence-corrected chi connectivity index (χ0v) is 18.9. The standard InChI is InChI=1S/C27H19N7O2/c35-26(33(22-12-1-5-16-28-22)23-13-2-6-17-29-23)20-10-9-11-21(32-20)27(36)34(24-14-3-7-18-30-24)25-15-4-8-19-31-25/h1-19H. The maximum Gasteiger partial charge on any atom is 0.283 e. The first-order valence-corrected chi connectivity index (χ1v) is 11.0. The van der Waals surface area contributed by atoms with Gasteiger partial charge in [-0.15, -0.1) is 0 Å². The van der Waals surface area contributed by atoms with E-state index in [1.807, 2.05) is 0 Å². The van der Waals surface area contributed by atoms with Crippen LogP contribution >= 0.6 is 0 Å². The van der Waals surface area contributed by atoms with E-state index < -0.39 is 11.8 Å². The molecule has 0 aliphatic carbocycles. The van der Waals surface area contributed by atoms with Gasteiger partial charge in [0, 0.05) is 24.8 Å². The Balaban J connectivity index is 1.54. The molecular formula is C27H19N7O2. The molecule has 0 aliphatic rings. The average Bonchev–Trinajstić information content (AvgIpc) is 2.96. The van der Waals surface area contributed by atoms with Crippen LogP contribution < -0.4 is 9.80 Å². The Bertz CT molecular complexity index is 1280. The summed E-state index contributed by atoms with van der Waals surface area (Å²) in [6.45, 7) is 0. The van der Waals surface area contributed by atoms with Gasteiger partial charge in [-0.3, -0.25) is 9.59 Å². The normalized spacial score (nSPS) is 10.4. The maximum atomic E-state index is 13.7. The predicted molar refractivity (Wildman–Crippen MR) is 134 cm³/mol. The zero-order chi connectivity index (χ0) is 24.7. The van der Waals surface area contributed by atoms with E-state index in [0.29, 0.717) is 23.3 Å². The van der Waals surface area contributed by atoms with E-state index in [2.05, 4.69) is 24.9 Å². The van der Waals surface area contributed by atoms with Gasteiger partial charge in [0.15, 0.2) is 0 Å². The van der Waals surface area contributed by atoms with E-state index in [4.69, 9.17) is 0 Å². The van der Waals surface area contributed by atoms with E-state index in [0.717, 1.165) is 0 Å². The molecule has 9 heteroatoms. The quantitative estimate of drug-likeness (QED) is 0.354. The zero-order valence-electron chi connectivity index (χ0n) is 18.9. The van der Waals surface area contributed by atoms with Gasteiger partial charge in [0.05, 0.1) is 0 Å². The Morgan fingerprint density at radius 3 is 1.06 bits per heavy atom. The molecule has 0 fully saturated rings. The predicted octanol–water partition coefficient (Wildman–Crippen LogP) is 4.62. The SMILES string of the molecule is O=C(c1cccc(C(=O)N(c2ccccn2)c2ccccn2)n1)N(c1ccccn1)c1ccccn1. The van der Waals surface area contributed by atoms with Crippen molar-refractivity contribution in [1.29, 1.82) is 0 Å². The summed E-state index contributed by atoms with van der Waals surface area (Å²) >= 11 is 0. The number of aromatic nitrogens is 5. The lowest BCUT2D eigenvalue weighted by Gasteiger charge is -2.22. The van der Waals surface area contributed by atoms with E-state index in [1.165, 1.54) is 9.80 Å². The number of amides is 2. The van der Waals surface area contributed by atoms with Gasteiger partial charge in [0.1, 0.15) is 34.7 Å². The molecule has 5 rings (SSSR count). The van der Waals surface area contributed by atoms with Crippen LogP contribution in [0.2, 0.25) is 0 Å². The second-order valence-corrected chi connectivity index (χ2v) is 7.44. The third-order valence-electron chi connectivity index (χ3n) is 5.11. The number of carbonyl (C=O) groups is 2. The van der Waals surface area contributed by atoms with Crippen LogP contribution in [-0.2, 0) is 0 Å². The van der Waals surface area contributed by atoms with Crippen molar-refractivity contribution in [2.45, 2.75) is 0 Å². The molecule has 0 aromatic carbocycles. The highest BCUT2D eigenvalue weighted by Gasteiger charge is 2.27. The van der Waals surface area contributed by atoms with Crippen LogP contribution in [0.4, 0.5) is 23.3 Å². The van der Waals surface area contributed by atoms with Crippen molar-refractivity contribution >= 4 is 35.1 Å². The van der Waals surface area contributed by atoms with Gasteiger partial charge < -0.3 is 0 Å². The van der Waals surface area contributed by atoms with Crippen LogP contribution in [0.15, 0.2) is 116 Å². The molecule has 0 saturated carbocycles. The van der Waals surface area contributed by atoms with Crippen LogP contribution in [-0.4, -0.2) is 36.7 Å². The molecule has 174 valence electrons. The minimum atomic E-state index is -0.482. The highest BCUT2D eigenvalue weighted by atomic mass is 16.2. The highest BCUT2D eigenvalue weighted by molar-refractivity contribution is 6.11. The van der Waals surface area contributed by atoms with E-state index >= 15 is 0 Å². The van der Waals surface area contributed by atoms with Gasteiger partial charge in [-0.1, -0.05) is 30.3 Å². The summed E-state index contributed by atoms with van der Waals surface area (Å²) in [5.74, 6) is 0.548. The number of rotatable bonds is 6. The van der Waals surface area contributed by atoms with E-state index in [9.17, 15) is 9.59 Å². The first-order chi connectivity index (χ1) is 17.7. The number of anilines is 4. The molecule has 5 heterocycles. The lowest BCUT2D eigenvalue weighted by atomic mass is 10.2. The van der Waals surface area contributed by atoms with Crippen molar-refractivity contribution in [3.8, 4) is 0 Å². The number of pyridine rings is 5. The summed E-state index contributed by atoms with van der Waals surface area (Å²) in [7, 11) is 0. The fourth-order valence-corrected chi connectivity index (χ4v) is 3.50. The topological polar surface area (TPSA) is 105 Å². The molecule has 0 unspecified atom stereocenters. The summed E-state index contributed by atoms with van der Waals surface area (Å²) in [4.78, 5) is 51.7. The highest BCUT2D eigenvalue weighted by Crippen LogP contribution is 2.25. The van der Waals surface area contributed by atoms with Gasteiger partial charge in [0.2, 0.25) is 0 Å². The molecule has 0 spiro atoms. The van der Waals surface area contributed by atoms with Crippen LogP contribution in [0.3, 0.4) is 0 Å². The monoisotopic (exact) mass is 473 g/mol. The van der Waals surface area contributed by atoms with Gasteiger partial charge in [-0.25, -0.2) is 34.7 Å². The lowest BCUT2D eigenvalue weighted by Crippen LogP contribution is -2.31. The number of hydrogen-bond acceptors (Lipinski definition) is 7. The summed E-state index contributed by atoms with van der Waals surface area (Å²) in [6, 6.07) is 25.6. The van der Waals surface area contributed by atoms with E-state index in [1.54, 1.807) is 116 Å². The Labute approximate surface area is 206 Å². The second-order valence-electron chi connectivity index (χ2n) is 7.44. The molecule has 0 aliphatic heterocycles. The van der Waals surface area contributed by atoms with Gasteiger partial charge >= 0.3 is 0 Å². The van der Waals surface area contributed by atoms with Crippen molar-refractivity contribution in [1.82, 2.24) is 24.9 Å². The fourth-order valence-electron chi connectivity index (χ4n) is 3.50. The molecule has 36 heavy (non-hydrogen) atoms. The van der Waals surface area contributed by atoms with Crippen molar-refractivity contribution in [3.63, 3.8) is 0 Å². The van der Waals surface area contributed by atoms with E-state index in [-0.39, 0.29) is 11.4 Å². The summed E-state index contributed by atoms with van der Waals surface area (Å²) in [5.41, 5.74) is 0.110. The largest absolute Gasteiger partial charge is 0.283 e. The lowest BCUT2D eigenvalue weighted by molar-refractivity contribution is 0.0989. The summed E-state index contributed by atoms with van der Waals surface area (Å²) in [5, 5.41) is 0. The number of nitrogens with zero attached hydrogens (tertiary/aromatic N) is 7. The Morgan fingerprint density at radius 1 is 0.444 bits per heavy atom.